The molecule has 2 unspecified atom stereocenters. The molecule has 0 radical (unpaired) electrons. The minimum absolute atomic E-state index is 0.0348. The average molecular weight is 251 g/mol. The lowest BCUT2D eigenvalue weighted by Crippen LogP contribution is -2.44. The van der Waals surface area contributed by atoms with Gasteiger partial charge in [-0.25, -0.2) is 14.8 Å². The van der Waals surface area contributed by atoms with Crippen molar-refractivity contribution in [1.82, 2.24) is 9.97 Å². The van der Waals surface area contributed by atoms with Crippen LogP contribution in [0.4, 0.5) is 5.82 Å². The quantitative estimate of drug-likeness (QED) is 0.865. The molecule has 2 rings (SSSR count). The highest BCUT2D eigenvalue weighted by Crippen LogP contribution is 2.22. The average Bonchev–Trinajstić information content (AvgIpc) is 2.39. The predicted molar refractivity (Wildman–Crippen MR) is 65.8 cm³/mol. The molecule has 2 heterocycles. The number of rotatable bonds is 3. The zero-order chi connectivity index (χ0) is 13.1. The summed E-state index contributed by atoms with van der Waals surface area (Å²) >= 11 is 0. The summed E-state index contributed by atoms with van der Waals surface area (Å²) in [4.78, 5) is 20.8. The number of carboxylic acids is 1. The Morgan fingerprint density at radius 2 is 2.28 bits per heavy atom. The number of anilines is 1. The number of carboxylic acid groups (broad SMARTS) is 1. The summed E-state index contributed by atoms with van der Waals surface area (Å²) in [6.07, 6.45) is 4.00. The van der Waals surface area contributed by atoms with E-state index in [-0.39, 0.29) is 11.8 Å². The van der Waals surface area contributed by atoms with Crippen LogP contribution in [0.5, 0.6) is 0 Å². The number of hydrogen-bond donors (Lipinski definition) is 1. The standard InChI is InChI=1S/C12H17N3O3/c1-8-3-4-15(7-10(8)18-2)11-6-13-9(5-14-11)12(16)17/h5-6,8,10H,3-4,7H2,1-2H3,(H,16,17). The maximum absolute atomic E-state index is 10.7. The monoisotopic (exact) mass is 251 g/mol. The second-order valence-electron chi connectivity index (χ2n) is 4.55. The van der Waals surface area contributed by atoms with Gasteiger partial charge >= 0.3 is 5.97 Å². The van der Waals surface area contributed by atoms with Crippen LogP contribution in [0, 0.1) is 5.92 Å². The van der Waals surface area contributed by atoms with Crippen molar-refractivity contribution in [2.45, 2.75) is 19.4 Å². The predicted octanol–water partition coefficient (Wildman–Crippen LogP) is 1.04. The molecule has 98 valence electrons. The molecule has 0 amide bonds. The first-order valence-electron chi connectivity index (χ1n) is 5.95. The van der Waals surface area contributed by atoms with Crippen molar-refractivity contribution in [3.05, 3.63) is 18.1 Å². The summed E-state index contributed by atoms with van der Waals surface area (Å²) in [5.74, 6) is 0.169. The topological polar surface area (TPSA) is 75.5 Å². The van der Waals surface area contributed by atoms with E-state index in [9.17, 15) is 4.79 Å². The van der Waals surface area contributed by atoms with Crippen LogP contribution in [0.1, 0.15) is 23.8 Å². The van der Waals surface area contributed by atoms with Crippen LogP contribution in [0.15, 0.2) is 12.4 Å². The van der Waals surface area contributed by atoms with E-state index in [1.807, 2.05) is 0 Å². The van der Waals surface area contributed by atoms with E-state index in [4.69, 9.17) is 9.84 Å². The second-order valence-corrected chi connectivity index (χ2v) is 4.55. The normalized spacial score (nSPS) is 24.0. The molecule has 6 nitrogen and oxygen atoms in total. The molecule has 1 aliphatic rings. The van der Waals surface area contributed by atoms with Crippen LogP contribution in [0.25, 0.3) is 0 Å². The Balaban J connectivity index is 2.09. The fraction of sp³-hybridized carbons (Fsp3) is 0.583. The lowest BCUT2D eigenvalue weighted by Gasteiger charge is -2.36. The van der Waals surface area contributed by atoms with Gasteiger partial charge in [-0.15, -0.1) is 0 Å². The maximum Gasteiger partial charge on any atom is 0.356 e. The highest BCUT2D eigenvalue weighted by Gasteiger charge is 2.26. The van der Waals surface area contributed by atoms with Gasteiger partial charge in [0, 0.05) is 20.2 Å². The third-order valence-electron chi connectivity index (χ3n) is 3.37. The van der Waals surface area contributed by atoms with Gasteiger partial charge in [-0.1, -0.05) is 6.92 Å². The molecule has 0 aliphatic carbocycles. The number of aromatic nitrogens is 2. The summed E-state index contributed by atoms with van der Waals surface area (Å²) in [6.45, 7) is 3.83. The molecule has 0 aromatic carbocycles. The van der Waals surface area contributed by atoms with E-state index in [0.717, 1.165) is 19.5 Å². The molecule has 1 aliphatic heterocycles. The molecule has 0 bridgehead atoms. The third kappa shape index (κ3) is 2.59. The molecule has 6 heteroatoms. The van der Waals surface area contributed by atoms with Crippen molar-refractivity contribution >= 4 is 11.8 Å². The molecule has 2 atom stereocenters. The molecule has 1 saturated heterocycles. The fourth-order valence-electron chi connectivity index (χ4n) is 2.14. The van der Waals surface area contributed by atoms with Crippen molar-refractivity contribution in [2.24, 2.45) is 5.92 Å². The van der Waals surface area contributed by atoms with E-state index >= 15 is 0 Å². The van der Waals surface area contributed by atoms with Crippen molar-refractivity contribution in [1.29, 1.82) is 0 Å². The lowest BCUT2D eigenvalue weighted by atomic mass is 9.96. The van der Waals surface area contributed by atoms with Gasteiger partial charge in [-0.2, -0.15) is 0 Å². The number of aromatic carboxylic acids is 1. The Morgan fingerprint density at radius 1 is 1.50 bits per heavy atom. The summed E-state index contributed by atoms with van der Waals surface area (Å²) in [7, 11) is 1.71. The van der Waals surface area contributed by atoms with E-state index in [0.29, 0.717) is 11.7 Å². The Bertz CT molecular complexity index is 421. The van der Waals surface area contributed by atoms with Crippen LogP contribution in [0.3, 0.4) is 0 Å². The second kappa shape index (κ2) is 5.30. The molecule has 0 spiro atoms. The van der Waals surface area contributed by atoms with Crippen molar-refractivity contribution in [2.75, 3.05) is 25.1 Å². The maximum atomic E-state index is 10.7. The summed E-state index contributed by atoms with van der Waals surface area (Å²) in [5, 5.41) is 8.76. The summed E-state index contributed by atoms with van der Waals surface area (Å²) in [6, 6.07) is 0. The van der Waals surface area contributed by atoms with Crippen molar-refractivity contribution in [3.63, 3.8) is 0 Å². The van der Waals surface area contributed by atoms with Gasteiger partial charge in [0.2, 0.25) is 0 Å². The van der Waals surface area contributed by atoms with Crippen molar-refractivity contribution in [3.8, 4) is 0 Å². The molecule has 1 aromatic heterocycles. The third-order valence-corrected chi connectivity index (χ3v) is 3.37. The number of nitrogens with zero attached hydrogens (tertiary/aromatic N) is 3. The molecular weight excluding hydrogens is 234 g/mol. The Kier molecular flexibility index (Phi) is 3.76. The van der Waals surface area contributed by atoms with Crippen LogP contribution < -0.4 is 4.90 Å². The number of hydrogen-bond acceptors (Lipinski definition) is 5. The smallest absolute Gasteiger partial charge is 0.356 e. The van der Waals surface area contributed by atoms with Gasteiger partial charge in [-0.05, 0) is 12.3 Å². The first-order chi connectivity index (χ1) is 8.61. The van der Waals surface area contributed by atoms with E-state index in [1.165, 1.54) is 12.4 Å². The minimum Gasteiger partial charge on any atom is -0.476 e. The molecule has 18 heavy (non-hydrogen) atoms. The number of piperidine rings is 1. The molecule has 1 aromatic rings. The zero-order valence-corrected chi connectivity index (χ0v) is 10.5. The molecule has 1 fully saturated rings. The van der Waals surface area contributed by atoms with Crippen LogP contribution in [-0.2, 0) is 4.74 Å². The van der Waals surface area contributed by atoms with Crippen LogP contribution in [-0.4, -0.2) is 47.3 Å². The summed E-state index contributed by atoms with van der Waals surface area (Å²) < 4.78 is 5.43. The zero-order valence-electron chi connectivity index (χ0n) is 10.5. The first-order valence-corrected chi connectivity index (χ1v) is 5.95. The summed E-state index contributed by atoms with van der Waals surface area (Å²) in [5.41, 5.74) is -0.0348. The Morgan fingerprint density at radius 3 is 2.83 bits per heavy atom. The SMILES string of the molecule is COC1CN(c2cnc(C(=O)O)cn2)CCC1C. The molecular formula is C12H17N3O3. The van der Waals surface area contributed by atoms with Crippen molar-refractivity contribution < 1.29 is 14.6 Å². The van der Waals surface area contributed by atoms with Gasteiger partial charge < -0.3 is 14.7 Å². The molecule has 0 saturated carbocycles. The number of methoxy groups -OCH3 is 1. The van der Waals surface area contributed by atoms with Gasteiger partial charge in [0.25, 0.3) is 0 Å². The van der Waals surface area contributed by atoms with Crippen LogP contribution >= 0.6 is 0 Å². The largest absolute Gasteiger partial charge is 0.476 e. The number of ether oxygens (including phenoxy) is 1. The minimum atomic E-state index is -1.06. The highest BCUT2D eigenvalue weighted by atomic mass is 16.5. The van der Waals surface area contributed by atoms with Gasteiger partial charge in [-0.3, -0.25) is 0 Å². The van der Waals surface area contributed by atoms with E-state index in [2.05, 4.69) is 21.8 Å². The lowest BCUT2D eigenvalue weighted by molar-refractivity contribution is 0.0496. The highest BCUT2D eigenvalue weighted by molar-refractivity contribution is 5.84. The Labute approximate surface area is 106 Å². The number of carbonyl (C=O) groups is 1. The van der Waals surface area contributed by atoms with Gasteiger partial charge in [0.15, 0.2) is 5.69 Å². The fourth-order valence-corrected chi connectivity index (χ4v) is 2.14. The Hall–Kier alpha value is -1.69. The first kappa shape index (κ1) is 12.8. The van der Waals surface area contributed by atoms with E-state index in [1.54, 1.807) is 7.11 Å². The molecule has 1 N–H and O–H groups in total. The van der Waals surface area contributed by atoms with Crippen LogP contribution in [0.2, 0.25) is 0 Å². The van der Waals surface area contributed by atoms with Gasteiger partial charge in [0.1, 0.15) is 5.82 Å². The van der Waals surface area contributed by atoms with Gasteiger partial charge in [0.05, 0.1) is 18.5 Å². The van der Waals surface area contributed by atoms with E-state index < -0.39 is 5.97 Å².